The first kappa shape index (κ1) is 14.5. The molecule has 0 aliphatic carbocycles. The number of benzene rings is 1. The average molecular weight is 379 g/mol. The number of hydrogen-bond donors (Lipinski definition) is 1. The summed E-state index contributed by atoms with van der Waals surface area (Å²) in [5.41, 5.74) is 0. The maximum absolute atomic E-state index is 14.0. The molecule has 2 rings (SSSR count). The molecule has 1 aromatic carbocycles. The van der Waals surface area contributed by atoms with Crippen LogP contribution in [0.2, 0.25) is 0 Å². The molecule has 1 aliphatic heterocycles. The lowest BCUT2D eigenvalue weighted by Crippen LogP contribution is -2.34. The van der Waals surface area contributed by atoms with Crippen molar-refractivity contribution in [1.82, 2.24) is 5.32 Å². The van der Waals surface area contributed by atoms with Crippen molar-refractivity contribution in [1.29, 1.82) is 0 Å². The molecule has 1 heterocycles. The third kappa shape index (κ3) is 3.36. The number of methoxy groups -OCH3 is 1. The topological polar surface area (TPSA) is 47.6 Å². The third-order valence-electron chi connectivity index (χ3n) is 3.11. The molecule has 1 aliphatic rings. The molecule has 0 amide bonds. The van der Waals surface area contributed by atoms with E-state index >= 15 is 0 Å². The van der Waals surface area contributed by atoms with Gasteiger partial charge < -0.3 is 14.8 Å². The molecule has 0 spiro atoms. The van der Waals surface area contributed by atoms with E-state index < -0.39 is 5.82 Å². The number of carbonyl (C=O) groups excluding carboxylic acids is 1. The number of halogens is 2. The van der Waals surface area contributed by atoms with E-state index in [1.54, 1.807) is 6.07 Å². The van der Waals surface area contributed by atoms with Crippen LogP contribution in [-0.2, 0) is 4.79 Å². The second-order valence-corrected chi connectivity index (χ2v) is 5.50. The van der Waals surface area contributed by atoms with Crippen molar-refractivity contribution >= 4 is 28.6 Å². The van der Waals surface area contributed by atoms with E-state index in [9.17, 15) is 9.18 Å². The SMILES string of the molecule is COc1ccc(I)c(OC(=O)C2CCNCC2)c1F. The van der Waals surface area contributed by atoms with Crippen LogP contribution >= 0.6 is 22.6 Å². The maximum atomic E-state index is 14.0. The van der Waals surface area contributed by atoms with Gasteiger partial charge in [0.25, 0.3) is 0 Å². The number of piperidine rings is 1. The van der Waals surface area contributed by atoms with Crippen LogP contribution in [0.1, 0.15) is 12.8 Å². The van der Waals surface area contributed by atoms with E-state index in [0.29, 0.717) is 3.57 Å². The van der Waals surface area contributed by atoms with Gasteiger partial charge in [0.15, 0.2) is 11.5 Å². The van der Waals surface area contributed by atoms with Crippen molar-refractivity contribution < 1.29 is 18.7 Å². The minimum atomic E-state index is -0.628. The Labute approximate surface area is 124 Å². The summed E-state index contributed by atoms with van der Waals surface area (Å²) in [5, 5.41) is 3.17. The summed E-state index contributed by atoms with van der Waals surface area (Å²) in [6.45, 7) is 1.58. The monoisotopic (exact) mass is 379 g/mol. The van der Waals surface area contributed by atoms with Gasteiger partial charge in [0.2, 0.25) is 5.82 Å². The highest BCUT2D eigenvalue weighted by Crippen LogP contribution is 2.32. The van der Waals surface area contributed by atoms with Crippen molar-refractivity contribution in [2.45, 2.75) is 12.8 Å². The number of ether oxygens (including phenoxy) is 2. The summed E-state index contributed by atoms with van der Waals surface area (Å²) in [6.07, 6.45) is 1.45. The molecule has 0 bridgehead atoms. The zero-order valence-electron chi connectivity index (χ0n) is 10.5. The van der Waals surface area contributed by atoms with Gasteiger partial charge in [0.05, 0.1) is 16.6 Å². The van der Waals surface area contributed by atoms with Gasteiger partial charge in [-0.15, -0.1) is 0 Å². The number of carbonyl (C=O) groups is 1. The predicted molar refractivity (Wildman–Crippen MR) is 76.9 cm³/mol. The Balaban J connectivity index is 2.15. The van der Waals surface area contributed by atoms with Crippen LogP contribution in [0.4, 0.5) is 4.39 Å². The molecule has 0 atom stereocenters. The fourth-order valence-corrected chi connectivity index (χ4v) is 2.53. The average Bonchev–Trinajstić information content (AvgIpc) is 2.44. The summed E-state index contributed by atoms with van der Waals surface area (Å²) in [6, 6.07) is 3.17. The molecule has 104 valence electrons. The Morgan fingerprint density at radius 1 is 1.42 bits per heavy atom. The standard InChI is InChI=1S/C13H15FINO3/c1-18-10-3-2-9(15)12(11(10)14)19-13(17)8-4-6-16-7-5-8/h2-3,8,16H,4-7H2,1H3. The van der Waals surface area contributed by atoms with Crippen LogP contribution in [-0.4, -0.2) is 26.2 Å². The van der Waals surface area contributed by atoms with Crippen LogP contribution in [0.25, 0.3) is 0 Å². The summed E-state index contributed by atoms with van der Waals surface area (Å²) >= 11 is 1.94. The highest BCUT2D eigenvalue weighted by atomic mass is 127. The van der Waals surface area contributed by atoms with Gasteiger partial charge in [-0.05, 0) is 60.7 Å². The minimum Gasteiger partial charge on any atom is -0.494 e. The smallest absolute Gasteiger partial charge is 0.314 e. The lowest BCUT2D eigenvalue weighted by atomic mass is 9.98. The largest absolute Gasteiger partial charge is 0.494 e. The second kappa shape index (κ2) is 6.51. The number of hydrogen-bond acceptors (Lipinski definition) is 4. The minimum absolute atomic E-state index is 0.0384. The highest BCUT2D eigenvalue weighted by molar-refractivity contribution is 14.1. The van der Waals surface area contributed by atoms with Gasteiger partial charge in [-0.25, -0.2) is 0 Å². The Kier molecular flexibility index (Phi) is 4.98. The van der Waals surface area contributed by atoms with E-state index in [1.807, 2.05) is 22.6 Å². The van der Waals surface area contributed by atoms with Gasteiger partial charge in [-0.3, -0.25) is 4.79 Å². The molecule has 1 fully saturated rings. The molecule has 4 nitrogen and oxygen atoms in total. The fraction of sp³-hybridized carbons (Fsp3) is 0.462. The zero-order valence-corrected chi connectivity index (χ0v) is 12.7. The van der Waals surface area contributed by atoms with Crippen molar-refractivity contribution in [2.24, 2.45) is 5.92 Å². The first-order valence-corrected chi connectivity index (χ1v) is 7.15. The Hall–Kier alpha value is -0.890. The predicted octanol–water partition coefficient (Wildman–Crippen LogP) is 2.34. The van der Waals surface area contributed by atoms with Gasteiger partial charge in [-0.2, -0.15) is 4.39 Å². The number of esters is 1. The van der Waals surface area contributed by atoms with E-state index in [2.05, 4.69) is 5.32 Å². The molecule has 0 unspecified atom stereocenters. The molecular formula is C13H15FINO3. The molecule has 19 heavy (non-hydrogen) atoms. The molecule has 0 saturated carbocycles. The summed E-state index contributed by atoms with van der Waals surface area (Å²) in [7, 11) is 1.38. The van der Waals surface area contributed by atoms with Crippen LogP contribution < -0.4 is 14.8 Å². The van der Waals surface area contributed by atoms with E-state index in [0.717, 1.165) is 25.9 Å². The van der Waals surface area contributed by atoms with Crippen LogP contribution in [0.3, 0.4) is 0 Å². The summed E-state index contributed by atoms with van der Waals surface area (Å²) in [5.74, 6) is -1.12. The third-order valence-corrected chi connectivity index (χ3v) is 3.96. The Bertz CT molecular complexity index is 475. The first-order valence-electron chi connectivity index (χ1n) is 6.08. The van der Waals surface area contributed by atoms with Crippen LogP contribution in [0.15, 0.2) is 12.1 Å². The van der Waals surface area contributed by atoms with E-state index in [1.165, 1.54) is 13.2 Å². The quantitative estimate of drug-likeness (QED) is 0.498. The van der Waals surface area contributed by atoms with Crippen molar-refractivity contribution in [3.63, 3.8) is 0 Å². The Morgan fingerprint density at radius 2 is 2.11 bits per heavy atom. The normalized spacial score (nSPS) is 16.2. The van der Waals surface area contributed by atoms with Gasteiger partial charge >= 0.3 is 5.97 Å². The molecule has 6 heteroatoms. The molecule has 1 saturated heterocycles. The molecular weight excluding hydrogens is 364 g/mol. The second-order valence-electron chi connectivity index (χ2n) is 4.34. The zero-order chi connectivity index (χ0) is 13.8. The summed E-state index contributed by atoms with van der Waals surface area (Å²) < 4.78 is 24.7. The molecule has 1 N–H and O–H groups in total. The molecule has 0 aromatic heterocycles. The van der Waals surface area contributed by atoms with Gasteiger partial charge in [0.1, 0.15) is 0 Å². The highest BCUT2D eigenvalue weighted by Gasteiger charge is 2.25. The van der Waals surface area contributed by atoms with Crippen molar-refractivity contribution in [2.75, 3.05) is 20.2 Å². The number of rotatable bonds is 3. The maximum Gasteiger partial charge on any atom is 0.314 e. The Morgan fingerprint density at radius 3 is 2.74 bits per heavy atom. The van der Waals surface area contributed by atoms with Gasteiger partial charge in [-0.1, -0.05) is 0 Å². The first-order chi connectivity index (χ1) is 9.13. The van der Waals surface area contributed by atoms with Crippen LogP contribution in [0.5, 0.6) is 11.5 Å². The molecule has 0 radical (unpaired) electrons. The van der Waals surface area contributed by atoms with Crippen molar-refractivity contribution in [3.05, 3.63) is 21.5 Å². The van der Waals surface area contributed by atoms with Crippen molar-refractivity contribution in [3.8, 4) is 11.5 Å². The van der Waals surface area contributed by atoms with Crippen LogP contribution in [0, 0.1) is 15.3 Å². The lowest BCUT2D eigenvalue weighted by molar-refractivity contribution is -0.140. The molecule has 1 aromatic rings. The lowest BCUT2D eigenvalue weighted by Gasteiger charge is -2.21. The number of nitrogens with one attached hydrogen (secondary N) is 1. The summed E-state index contributed by atoms with van der Waals surface area (Å²) in [4.78, 5) is 12.0. The van der Waals surface area contributed by atoms with E-state index in [-0.39, 0.29) is 23.4 Å². The van der Waals surface area contributed by atoms with E-state index in [4.69, 9.17) is 9.47 Å². The fourth-order valence-electron chi connectivity index (χ4n) is 2.01. The van der Waals surface area contributed by atoms with Gasteiger partial charge in [0, 0.05) is 0 Å².